The van der Waals surface area contributed by atoms with Crippen LogP contribution in [0.5, 0.6) is 0 Å². The van der Waals surface area contributed by atoms with Crippen LogP contribution in [0.15, 0.2) is 23.1 Å². The number of carbonyl (C=O) groups excluding carboxylic acids is 1. The number of aliphatic hydroxyl groups is 1. The second-order valence-electron chi connectivity index (χ2n) is 4.52. The lowest BCUT2D eigenvalue weighted by molar-refractivity contribution is -0.119. The molecule has 0 saturated heterocycles. The molecule has 0 bridgehead atoms. The van der Waals surface area contributed by atoms with Crippen molar-refractivity contribution in [1.82, 2.24) is 4.72 Å². The van der Waals surface area contributed by atoms with Gasteiger partial charge in [-0.2, -0.15) is 4.72 Å². The van der Waals surface area contributed by atoms with Gasteiger partial charge in [-0.3, -0.25) is 4.79 Å². The molecule has 0 heterocycles. The number of carbonyl (C=O) groups is 1. The average molecular weight is 310 g/mol. The predicted octanol–water partition coefficient (Wildman–Crippen LogP) is -0.119. The maximum atomic E-state index is 12.3. The van der Waals surface area contributed by atoms with E-state index in [9.17, 15) is 13.2 Å². The first-order valence-corrected chi connectivity index (χ1v) is 7.78. The van der Waals surface area contributed by atoms with Crippen LogP contribution in [-0.4, -0.2) is 32.1 Å². The number of aryl methyl sites for hydroxylation is 1. The zero-order valence-corrected chi connectivity index (χ0v) is 12.7. The quantitative estimate of drug-likeness (QED) is 0.659. The first kappa shape index (κ1) is 17.2. The average Bonchev–Trinajstić information content (AvgIpc) is 2.38. The Morgan fingerprint density at radius 1 is 1.48 bits per heavy atom. The number of nitrogens with one attached hydrogen (secondary N) is 1. The van der Waals surface area contributed by atoms with Crippen LogP contribution < -0.4 is 10.5 Å². The fourth-order valence-electron chi connectivity index (χ4n) is 1.54. The summed E-state index contributed by atoms with van der Waals surface area (Å²) in [5, 5.41) is 8.72. The van der Waals surface area contributed by atoms with Gasteiger partial charge in [0.25, 0.3) is 0 Å². The molecule has 6 nitrogen and oxygen atoms in total. The SMILES string of the molecule is Cc1ccc(S(=O)(=O)NC(C)C(N)=O)c(C#CCCO)c1. The van der Waals surface area contributed by atoms with Gasteiger partial charge in [0.15, 0.2) is 0 Å². The van der Waals surface area contributed by atoms with Crippen LogP contribution in [0.4, 0.5) is 0 Å². The van der Waals surface area contributed by atoms with Crippen molar-refractivity contribution < 1.29 is 18.3 Å². The molecule has 1 amide bonds. The van der Waals surface area contributed by atoms with Crippen LogP contribution in [-0.2, 0) is 14.8 Å². The van der Waals surface area contributed by atoms with Crippen LogP contribution in [0.2, 0.25) is 0 Å². The first-order chi connectivity index (χ1) is 9.77. The highest BCUT2D eigenvalue weighted by molar-refractivity contribution is 7.89. The minimum atomic E-state index is -3.90. The summed E-state index contributed by atoms with van der Waals surface area (Å²) in [4.78, 5) is 11.0. The molecular formula is C14H18N2O4S. The molecule has 0 aliphatic heterocycles. The topological polar surface area (TPSA) is 109 Å². The largest absolute Gasteiger partial charge is 0.395 e. The predicted molar refractivity (Wildman–Crippen MR) is 78.7 cm³/mol. The van der Waals surface area contributed by atoms with Gasteiger partial charge in [0, 0.05) is 12.0 Å². The van der Waals surface area contributed by atoms with Crippen LogP contribution in [0.1, 0.15) is 24.5 Å². The highest BCUT2D eigenvalue weighted by atomic mass is 32.2. The third-order valence-electron chi connectivity index (χ3n) is 2.64. The fraction of sp³-hybridized carbons (Fsp3) is 0.357. The van der Waals surface area contributed by atoms with E-state index in [1.165, 1.54) is 13.0 Å². The van der Waals surface area contributed by atoms with Crippen molar-refractivity contribution in [2.24, 2.45) is 5.73 Å². The lowest BCUT2D eigenvalue weighted by Crippen LogP contribution is -2.42. The number of nitrogens with two attached hydrogens (primary N) is 1. The van der Waals surface area contributed by atoms with Gasteiger partial charge in [0.05, 0.1) is 17.5 Å². The van der Waals surface area contributed by atoms with Gasteiger partial charge in [0.1, 0.15) is 0 Å². The Morgan fingerprint density at radius 3 is 2.71 bits per heavy atom. The molecule has 0 radical (unpaired) electrons. The van der Waals surface area contributed by atoms with Gasteiger partial charge >= 0.3 is 0 Å². The zero-order chi connectivity index (χ0) is 16.0. The van der Waals surface area contributed by atoms with E-state index in [0.29, 0.717) is 5.56 Å². The molecule has 0 spiro atoms. The van der Waals surface area contributed by atoms with E-state index in [2.05, 4.69) is 16.6 Å². The molecule has 7 heteroatoms. The number of amides is 1. The zero-order valence-electron chi connectivity index (χ0n) is 11.9. The number of hydrogen-bond donors (Lipinski definition) is 3. The Kier molecular flexibility index (Phi) is 5.90. The summed E-state index contributed by atoms with van der Waals surface area (Å²) in [5.74, 6) is 4.64. The summed E-state index contributed by atoms with van der Waals surface area (Å²) in [6.07, 6.45) is 0.249. The summed E-state index contributed by atoms with van der Waals surface area (Å²) in [5.41, 5.74) is 6.22. The molecular weight excluding hydrogens is 292 g/mol. The van der Waals surface area contributed by atoms with Gasteiger partial charge in [-0.15, -0.1) is 0 Å². The third kappa shape index (κ3) is 4.86. The standard InChI is InChI=1S/C14H18N2O4S/c1-10-6-7-13(12(9-10)5-3-4-8-17)21(19,20)16-11(2)14(15)18/h6-7,9,11,16-17H,4,8H2,1-2H3,(H2,15,18). The van der Waals surface area contributed by atoms with E-state index >= 15 is 0 Å². The van der Waals surface area contributed by atoms with E-state index in [1.54, 1.807) is 12.1 Å². The van der Waals surface area contributed by atoms with Gasteiger partial charge in [-0.1, -0.05) is 17.9 Å². The van der Waals surface area contributed by atoms with Gasteiger partial charge in [-0.25, -0.2) is 8.42 Å². The Morgan fingerprint density at radius 2 is 2.14 bits per heavy atom. The number of hydrogen-bond acceptors (Lipinski definition) is 4. The van der Waals surface area contributed by atoms with Crippen molar-refractivity contribution in [2.45, 2.75) is 31.2 Å². The number of rotatable bonds is 5. The Balaban J connectivity index is 3.23. The van der Waals surface area contributed by atoms with Crippen molar-refractivity contribution in [3.05, 3.63) is 29.3 Å². The van der Waals surface area contributed by atoms with E-state index in [0.717, 1.165) is 5.56 Å². The van der Waals surface area contributed by atoms with E-state index in [4.69, 9.17) is 10.8 Å². The number of aliphatic hydroxyl groups excluding tert-OH is 1. The minimum Gasteiger partial charge on any atom is -0.395 e. The first-order valence-electron chi connectivity index (χ1n) is 6.30. The molecule has 1 atom stereocenters. The van der Waals surface area contributed by atoms with Gasteiger partial charge in [0.2, 0.25) is 15.9 Å². The second-order valence-corrected chi connectivity index (χ2v) is 6.20. The summed E-state index contributed by atoms with van der Waals surface area (Å²) >= 11 is 0. The highest BCUT2D eigenvalue weighted by Crippen LogP contribution is 2.17. The monoisotopic (exact) mass is 310 g/mol. The number of primary amides is 1. The summed E-state index contributed by atoms with van der Waals surface area (Å²) in [6.45, 7) is 3.08. The van der Waals surface area contributed by atoms with Crippen LogP contribution in [0, 0.1) is 18.8 Å². The molecule has 1 rings (SSSR count). The van der Waals surface area contributed by atoms with Crippen LogP contribution in [0.25, 0.3) is 0 Å². The van der Waals surface area contributed by atoms with Crippen molar-refractivity contribution >= 4 is 15.9 Å². The molecule has 114 valence electrons. The molecule has 1 unspecified atom stereocenters. The molecule has 4 N–H and O–H groups in total. The molecule has 0 aliphatic rings. The summed E-state index contributed by atoms with van der Waals surface area (Å²) in [7, 11) is -3.90. The highest BCUT2D eigenvalue weighted by Gasteiger charge is 2.22. The number of sulfonamides is 1. The maximum Gasteiger partial charge on any atom is 0.242 e. The molecule has 0 aliphatic carbocycles. The maximum absolute atomic E-state index is 12.3. The summed E-state index contributed by atoms with van der Waals surface area (Å²) in [6, 6.07) is 3.68. The van der Waals surface area contributed by atoms with E-state index in [1.807, 2.05) is 6.92 Å². The second kappa shape index (κ2) is 7.22. The van der Waals surface area contributed by atoms with E-state index < -0.39 is 22.0 Å². The summed E-state index contributed by atoms with van der Waals surface area (Å²) < 4.78 is 26.8. The van der Waals surface area contributed by atoms with Gasteiger partial charge in [-0.05, 0) is 31.5 Å². The molecule has 1 aromatic rings. The van der Waals surface area contributed by atoms with Crippen LogP contribution >= 0.6 is 0 Å². The lowest BCUT2D eigenvalue weighted by Gasteiger charge is -2.12. The normalized spacial score (nSPS) is 12.3. The fourth-order valence-corrected chi connectivity index (χ4v) is 2.90. The van der Waals surface area contributed by atoms with Crippen molar-refractivity contribution in [3.63, 3.8) is 0 Å². The van der Waals surface area contributed by atoms with E-state index in [-0.39, 0.29) is 17.9 Å². The molecule has 0 aromatic heterocycles. The number of benzene rings is 1. The molecule has 21 heavy (non-hydrogen) atoms. The Bertz CT molecular complexity index is 687. The Labute approximate surface area is 124 Å². The Hall–Kier alpha value is -1.88. The lowest BCUT2D eigenvalue weighted by atomic mass is 10.1. The molecule has 1 aromatic carbocycles. The molecule has 0 fully saturated rings. The van der Waals surface area contributed by atoms with Crippen LogP contribution in [0.3, 0.4) is 0 Å². The smallest absolute Gasteiger partial charge is 0.242 e. The minimum absolute atomic E-state index is 0.0216. The van der Waals surface area contributed by atoms with Gasteiger partial charge < -0.3 is 10.8 Å². The van der Waals surface area contributed by atoms with Crippen molar-refractivity contribution in [1.29, 1.82) is 0 Å². The van der Waals surface area contributed by atoms with Crippen molar-refractivity contribution in [3.8, 4) is 11.8 Å². The van der Waals surface area contributed by atoms with Crippen molar-refractivity contribution in [2.75, 3.05) is 6.61 Å². The molecule has 0 saturated carbocycles. The third-order valence-corrected chi connectivity index (χ3v) is 4.24.